The van der Waals surface area contributed by atoms with Crippen molar-refractivity contribution in [3.63, 3.8) is 0 Å². The van der Waals surface area contributed by atoms with E-state index in [2.05, 4.69) is 19.2 Å². The van der Waals surface area contributed by atoms with Gasteiger partial charge in [0.05, 0.1) is 0 Å². The van der Waals surface area contributed by atoms with Crippen LogP contribution in [-0.4, -0.2) is 33.1 Å². The third kappa shape index (κ3) is 4.60. The molecule has 0 spiro atoms. The predicted molar refractivity (Wildman–Crippen MR) is 54.7 cm³/mol. The fraction of sp³-hybridized carbons (Fsp3) is 1.00. The number of rotatable bonds is 7. The van der Waals surface area contributed by atoms with Crippen LogP contribution in [0.25, 0.3) is 0 Å². The SMILES string of the molecule is CCOC(OCC)C(C)(C)CNC. The van der Waals surface area contributed by atoms with Gasteiger partial charge in [-0.25, -0.2) is 0 Å². The van der Waals surface area contributed by atoms with Crippen molar-refractivity contribution in [2.75, 3.05) is 26.8 Å². The first-order valence-corrected chi connectivity index (χ1v) is 4.96. The topological polar surface area (TPSA) is 30.5 Å². The zero-order valence-electron chi connectivity index (χ0n) is 9.52. The number of ether oxygens (including phenoxy) is 2. The molecule has 0 aliphatic heterocycles. The van der Waals surface area contributed by atoms with Gasteiger partial charge in [-0.15, -0.1) is 0 Å². The fourth-order valence-corrected chi connectivity index (χ4v) is 1.34. The molecular weight excluding hydrogens is 166 g/mol. The van der Waals surface area contributed by atoms with Crippen LogP contribution < -0.4 is 5.32 Å². The van der Waals surface area contributed by atoms with Gasteiger partial charge in [-0.1, -0.05) is 13.8 Å². The Morgan fingerprint density at radius 3 is 1.92 bits per heavy atom. The van der Waals surface area contributed by atoms with E-state index in [4.69, 9.17) is 9.47 Å². The van der Waals surface area contributed by atoms with Crippen molar-refractivity contribution in [1.82, 2.24) is 5.32 Å². The molecule has 3 nitrogen and oxygen atoms in total. The van der Waals surface area contributed by atoms with Crippen molar-refractivity contribution in [2.24, 2.45) is 5.41 Å². The van der Waals surface area contributed by atoms with Crippen LogP contribution >= 0.6 is 0 Å². The second-order valence-corrected chi connectivity index (χ2v) is 3.76. The molecule has 0 aromatic carbocycles. The van der Waals surface area contributed by atoms with E-state index >= 15 is 0 Å². The van der Waals surface area contributed by atoms with Gasteiger partial charge < -0.3 is 14.8 Å². The monoisotopic (exact) mass is 189 g/mol. The first-order valence-electron chi connectivity index (χ1n) is 4.96. The van der Waals surface area contributed by atoms with Gasteiger partial charge >= 0.3 is 0 Å². The Balaban J connectivity index is 4.13. The molecule has 80 valence electrons. The highest BCUT2D eigenvalue weighted by molar-refractivity contribution is 4.74. The maximum absolute atomic E-state index is 5.54. The molecule has 0 saturated heterocycles. The zero-order valence-corrected chi connectivity index (χ0v) is 9.52. The van der Waals surface area contributed by atoms with Crippen LogP contribution in [0.4, 0.5) is 0 Å². The van der Waals surface area contributed by atoms with Crippen LogP contribution in [0.15, 0.2) is 0 Å². The minimum atomic E-state index is -0.116. The highest BCUT2D eigenvalue weighted by Crippen LogP contribution is 2.23. The molecule has 0 heterocycles. The highest BCUT2D eigenvalue weighted by Gasteiger charge is 2.29. The number of nitrogens with one attached hydrogen (secondary N) is 1. The third-order valence-electron chi connectivity index (χ3n) is 1.91. The van der Waals surface area contributed by atoms with Gasteiger partial charge in [0.25, 0.3) is 0 Å². The van der Waals surface area contributed by atoms with Crippen molar-refractivity contribution in [3.8, 4) is 0 Å². The van der Waals surface area contributed by atoms with E-state index in [1.54, 1.807) is 0 Å². The normalized spacial score (nSPS) is 12.5. The molecule has 0 rings (SSSR count). The average molecular weight is 189 g/mol. The minimum absolute atomic E-state index is 0.0147. The van der Waals surface area contributed by atoms with Crippen molar-refractivity contribution < 1.29 is 9.47 Å². The van der Waals surface area contributed by atoms with Crippen molar-refractivity contribution in [2.45, 2.75) is 34.0 Å². The van der Waals surface area contributed by atoms with E-state index in [0.717, 1.165) is 6.54 Å². The van der Waals surface area contributed by atoms with Gasteiger partial charge in [-0.05, 0) is 20.9 Å². The quantitative estimate of drug-likeness (QED) is 0.617. The zero-order chi connectivity index (χ0) is 10.3. The molecule has 0 aliphatic rings. The summed E-state index contributed by atoms with van der Waals surface area (Å²) in [5, 5.41) is 3.15. The molecule has 0 amide bonds. The van der Waals surface area contributed by atoms with Crippen LogP contribution in [0.2, 0.25) is 0 Å². The minimum Gasteiger partial charge on any atom is -0.352 e. The van der Waals surface area contributed by atoms with Crippen molar-refractivity contribution in [1.29, 1.82) is 0 Å². The summed E-state index contributed by atoms with van der Waals surface area (Å²) < 4.78 is 11.1. The van der Waals surface area contributed by atoms with Crippen LogP contribution in [0.3, 0.4) is 0 Å². The van der Waals surface area contributed by atoms with Gasteiger partial charge in [0.15, 0.2) is 6.29 Å². The Labute approximate surface area is 81.8 Å². The Bertz CT molecular complexity index is 120. The first-order chi connectivity index (χ1) is 6.08. The summed E-state index contributed by atoms with van der Waals surface area (Å²) in [4.78, 5) is 0. The second kappa shape index (κ2) is 6.35. The van der Waals surface area contributed by atoms with Gasteiger partial charge in [0, 0.05) is 25.2 Å². The lowest BCUT2D eigenvalue weighted by atomic mass is 9.92. The summed E-state index contributed by atoms with van der Waals surface area (Å²) in [6.07, 6.45) is -0.116. The van der Waals surface area contributed by atoms with Gasteiger partial charge in [-0.2, -0.15) is 0 Å². The molecule has 0 fully saturated rings. The molecule has 13 heavy (non-hydrogen) atoms. The second-order valence-electron chi connectivity index (χ2n) is 3.76. The highest BCUT2D eigenvalue weighted by atomic mass is 16.7. The smallest absolute Gasteiger partial charge is 0.163 e. The Morgan fingerprint density at radius 1 is 1.15 bits per heavy atom. The van der Waals surface area contributed by atoms with Gasteiger partial charge in [0.1, 0.15) is 0 Å². The molecule has 0 aliphatic carbocycles. The summed E-state index contributed by atoms with van der Waals surface area (Å²) in [5.74, 6) is 0. The van der Waals surface area contributed by atoms with Crippen molar-refractivity contribution >= 4 is 0 Å². The summed E-state index contributed by atoms with van der Waals surface area (Å²) in [7, 11) is 1.94. The van der Waals surface area contributed by atoms with Crippen molar-refractivity contribution in [3.05, 3.63) is 0 Å². The Morgan fingerprint density at radius 2 is 1.62 bits per heavy atom. The molecular formula is C10H23NO2. The van der Waals surface area contributed by atoms with E-state index in [0.29, 0.717) is 13.2 Å². The number of hydrogen-bond acceptors (Lipinski definition) is 3. The van der Waals surface area contributed by atoms with Crippen LogP contribution in [0, 0.1) is 5.41 Å². The molecule has 0 saturated carbocycles. The average Bonchev–Trinajstić information content (AvgIpc) is 2.04. The summed E-state index contributed by atoms with van der Waals surface area (Å²) >= 11 is 0. The lowest BCUT2D eigenvalue weighted by Gasteiger charge is -2.33. The summed E-state index contributed by atoms with van der Waals surface area (Å²) in [5.41, 5.74) is 0.0147. The van der Waals surface area contributed by atoms with Crippen LogP contribution in [0.1, 0.15) is 27.7 Å². The molecule has 0 unspecified atom stereocenters. The molecule has 0 bridgehead atoms. The molecule has 1 N–H and O–H groups in total. The lowest BCUT2D eigenvalue weighted by Crippen LogP contribution is -2.41. The third-order valence-corrected chi connectivity index (χ3v) is 1.91. The van der Waals surface area contributed by atoms with E-state index in [1.807, 2.05) is 20.9 Å². The maximum atomic E-state index is 5.54. The predicted octanol–water partition coefficient (Wildman–Crippen LogP) is 1.63. The standard InChI is InChI=1S/C10H23NO2/c1-6-12-9(13-7-2)10(3,4)8-11-5/h9,11H,6-8H2,1-5H3. The summed E-state index contributed by atoms with van der Waals surface area (Å²) in [6.45, 7) is 10.5. The Hall–Kier alpha value is -0.120. The first kappa shape index (κ1) is 12.9. The van der Waals surface area contributed by atoms with E-state index in [1.165, 1.54) is 0 Å². The Kier molecular flexibility index (Phi) is 6.29. The maximum Gasteiger partial charge on any atom is 0.163 e. The van der Waals surface area contributed by atoms with E-state index < -0.39 is 0 Å². The summed E-state index contributed by atoms with van der Waals surface area (Å²) in [6, 6.07) is 0. The molecule has 0 aromatic heterocycles. The fourth-order valence-electron chi connectivity index (χ4n) is 1.34. The largest absolute Gasteiger partial charge is 0.352 e. The van der Waals surface area contributed by atoms with E-state index in [-0.39, 0.29) is 11.7 Å². The molecule has 0 aromatic rings. The molecule has 0 atom stereocenters. The van der Waals surface area contributed by atoms with Crippen LogP contribution in [-0.2, 0) is 9.47 Å². The van der Waals surface area contributed by atoms with E-state index in [9.17, 15) is 0 Å². The number of hydrogen-bond donors (Lipinski definition) is 1. The molecule has 3 heteroatoms. The lowest BCUT2D eigenvalue weighted by molar-refractivity contribution is -0.192. The molecule has 0 radical (unpaired) electrons. The van der Waals surface area contributed by atoms with Gasteiger partial charge in [0.2, 0.25) is 0 Å². The van der Waals surface area contributed by atoms with Gasteiger partial charge in [-0.3, -0.25) is 0 Å². The van der Waals surface area contributed by atoms with Crippen LogP contribution in [0.5, 0.6) is 0 Å².